The molecule has 4 aromatic rings. The average Bonchev–Trinajstić information content (AvgIpc) is 3.44. The number of halogens is 2. The minimum Gasteiger partial charge on any atom is -0.345 e. The van der Waals surface area contributed by atoms with Crippen LogP contribution in [-0.2, 0) is 11.3 Å². The molecule has 0 unspecified atom stereocenters. The van der Waals surface area contributed by atoms with Gasteiger partial charge in [-0.2, -0.15) is 0 Å². The molecule has 0 bridgehead atoms. The molecule has 0 saturated heterocycles. The molecule has 0 saturated carbocycles. The van der Waals surface area contributed by atoms with Crippen LogP contribution in [0.1, 0.15) is 21.2 Å². The lowest BCUT2D eigenvalue weighted by atomic mass is 10.2. The van der Waals surface area contributed by atoms with Gasteiger partial charge < -0.3 is 5.32 Å². The highest BCUT2D eigenvalue weighted by molar-refractivity contribution is 7.99. The summed E-state index contributed by atoms with van der Waals surface area (Å²) < 4.78 is 1.72. The molecule has 0 aliphatic carbocycles. The van der Waals surface area contributed by atoms with Gasteiger partial charge in [-0.15, -0.1) is 20.4 Å². The second kappa shape index (κ2) is 11.0. The number of hydrogen-bond acceptors (Lipinski definition) is 8. The van der Waals surface area contributed by atoms with Crippen molar-refractivity contribution < 1.29 is 9.59 Å². The van der Waals surface area contributed by atoms with Crippen LogP contribution in [0.25, 0.3) is 5.69 Å². The van der Waals surface area contributed by atoms with Crippen LogP contribution in [0.5, 0.6) is 0 Å². The Kier molecular flexibility index (Phi) is 7.78. The van der Waals surface area contributed by atoms with Crippen molar-refractivity contribution in [3.05, 3.63) is 75.0 Å². The Bertz CT molecular complexity index is 1330. The number of carbonyl (C=O) groups excluding carboxylic acids is 2. The van der Waals surface area contributed by atoms with Crippen molar-refractivity contribution in [2.75, 3.05) is 11.1 Å². The first-order valence-electron chi connectivity index (χ1n) is 9.86. The molecular weight excluding hydrogens is 517 g/mol. The summed E-state index contributed by atoms with van der Waals surface area (Å²) >= 11 is 14.8. The summed E-state index contributed by atoms with van der Waals surface area (Å²) in [4.78, 5) is 24.9. The van der Waals surface area contributed by atoms with E-state index < -0.39 is 0 Å². The minimum absolute atomic E-state index is 0.0639. The fourth-order valence-corrected chi connectivity index (χ4v) is 4.55. The second-order valence-electron chi connectivity index (χ2n) is 6.84. The van der Waals surface area contributed by atoms with Gasteiger partial charge in [0, 0.05) is 5.56 Å². The summed E-state index contributed by atoms with van der Waals surface area (Å²) in [6, 6.07) is 13.9. The number of aromatic nitrogens is 5. The fraction of sp³-hybridized carbons (Fsp3) is 0.143. The van der Waals surface area contributed by atoms with Crippen molar-refractivity contribution in [3.63, 3.8) is 0 Å². The van der Waals surface area contributed by atoms with Gasteiger partial charge in [-0.1, -0.05) is 64.5 Å². The number of benzene rings is 2. The molecule has 0 radical (unpaired) electrons. The highest BCUT2D eigenvalue weighted by Gasteiger charge is 2.18. The highest BCUT2D eigenvalue weighted by Crippen LogP contribution is 2.28. The van der Waals surface area contributed by atoms with E-state index in [1.807, 2.05) is 6.07 Å². The van der Waals surface area contributed by atoms with E-state index in [1.165, 1.54) is 23.1 Å². The Labute approximate surface area is 212 Å². The van der Waals surface area contributed by atoms with Crippen LogP contribution in [0, 0.1) is 6.92 Å². The molecule has 2 N–H and O–H groups in total. The van der Waals surface area contributed by atoms with Gasteiger partial charge in [0.2, 0.25) is 11.0 Å². The predicted molar refractivity (Wildman–Crippen MR) is 133 cm³/mol. The van der Waals surface area contributed by atoms with Gasteiger partial charge in [0.05, 0.1) is 28.0 Å². The van der Waals surface area contributed by atoms with Crippen molar-refractivity contribution in [1.29, 1.82) is 0 Å². The molecule has 0 aliphatic heterocycles. The van der Waals surface area contributed by atoms with Crippen LogP contribution < -0.4 is 10.6 Å². The van der Waals surface area contributed by atoms with Crippen molar-refractivity contribution in [1.82, 2.24) is 30.3 Å². The molecule has 34 heavy (non-hydrogen) atoms. The molecular formula is C21H17Cl2N7O2S2. The normalized spacial score (nSPS) is 10.8. The molecule has 13 heteroatoms. The average molecular weight is 534 g/mol. The number of anilines is 1. The highest BCUT2D eigenvalue weighted by atomic mass is 35.5. The van der Waals surface area contributed by atoms with Gasteiger partial charge in [0.1, 0.15) is 5.01 Å². The maximum atomic E-state index is 12.5. The van der Waals surface area contributed by atoms with Gasteiger partial charge in [-0.05, 0) is 37.3 Å². The summed E-state index contributed by atoms with van der Waals surface area (Å²) in [5.74, 6) is 0.0216. The molecule has 0 aliphatic rings. The van der Waals surface area contributed by atoms with Crippen LogP contribution in [0.15, 0.2) is 53.7 Å². The number of aryl methyl sites for hydroxylation is 1. The van der Waals surface area contributed by atoms with Crippen LogP contribution in [0.4, 0.5) is 5.13 Å². The zero-order valence-corrected chi connectivity index (χ0v) is 20.8. The molecule has 0 atom stereocenters. The first kappa shape index (κ1) is 24.1. The quantitative estimate of drug-likeness (QED) is 0.322. The van der Waals surface area contributed by atoms with Crippen molar-refractivity contribution in [2.24, 2.45) is 0 Å². The summed E-state index contributed by atoms with van der Waals surface area (Å²) in [7, 11) is 0. The molecule has 2 aromatic carbocycles. The van der Waals surface area contributed by atoms with E-state index in [4.69, 9.17) is 23.2 Å². The smallest absolute Gasteiger partial charge is 0.251 e. The van der Waals surface area contributed by atoms with Gasteiger partial charge in [-0.3, -0.25) is 19.5 Å². The van der Waals surface area contributed by atoms with Gasteiger partial charge in [-0.25, -0.2) is 0 Å². The molecule has 0 spiro atoms. The third-order valence-electron chi connectivity index (χ3n) is 4.41. The first-order chi connectivity index (χ1) is 16.4. The van der Waals surface area contributed by atoms with E-state index >= 15 is 0 Å². The third kappa shape index (κ3) is 5.92. The summed E-state index contributed by atoms with van der Waals surface area (Å²) in [6.45, 7) is 1.91. The van der Waals surface area contributed by atoms with Crippen molar-refractivity contribution in [3.8, 4) is 5.69 Å². The summed E-state index contributed by atoms with van der Waals surface area (Å²) in [6.07, 6.45) is 0. The number of carbonyl (C=O) groups is 2. The standard InChI is InChI=1S/C21H17Cl2N7O2S2/c1-12-26-28-20(34-12)25-18(31)11-33-21-29-27-17(10-24-19(32)13-5-3-2-4-6-13)30(21)14-7-8-15(22)16(23)9-14/h2-9H,10-11H2,1H3,(H,24,32)(H,25,28,31). The van der Waals surface area contributed by atoms with Gasteiger partial charge in [0.15, 0.2) is 11.0 Å². The van der Waals surface area contributed by atoms with Crippen LogP contribution in [0.2, 0.25) is 10.0 Å². The van der Waals surface area contributed by atoms with E-state index in [2.05, 4.69) is 31.0 Å². The number of amides is 2. The zero-order valence-electron chi connectivity index (χ0n) is 17.7. The van der Waals surface area contributed by atoms with Crippen LogP contribution in [-0.4, -0.2) is 42.5 Å². The molecule has 2 aromatic heterocycles. The summed E-state index contributed by atoms with van der Waals surface area (Å²) in [5, 5.41) is 24.2. The zero-order chi connectivity index (χ0) is 24.1. The monoisotopic (exact) mass is 533 g/mol. The van der Waals surface area contributed by atoms with Crippen molar-refractivity contribution in [2.45, 2.75) is 18.6 Å². The third-order valence-corrected chi connectivity index (χ3v) is 6.83. The lowest BCUT2D eigenvalue weighted by Gasteiger charge is -2.12. The van der Waals surface area contributed by atoms with E-state index in [0.29, 0.717) is 37.4 Å². The summed E-state index contributed by atoms with van der Waals surface area (Å²) in [5.41, 5.74) is 1.17. The number of nitrogens with one attached hydrogen (secondary N) is 2. The fourth-order valence-electron chi connectivity index (χ4n) is 2.88. The Morgan fingerprint density at radius 2 is 1.82 bits per heavy atom. The molecule has 2 amide bonds. The predicted octanol–water partition coefficient (Wildman–Crippen LogP) is 4.39. The Balaban J connectivity index is 1.53. The second-order valence-corrected chi connectivity index (χ2v) is 9.78. The SMILES string of the molecule is Cc1nnc(NC(=O)CSc2nnc(CNC(=O)c3ccccc3)n2-c2ccc(Cl)c(Cl)c2)s1. The van der Waals surface area contributed by atoms with Crippen LogP contribution in [0.3, 0.4) is 0 Å². The molecule has 174 valence electrons. The minimum atomic E-state index is -0.260. The van der Waals surface area contributed by atoms with E-state index in [1.54, 1.807) is 54.0 Å². The van der Waals surface area contributed by atoms with Gasteiger partial charge >= 0.3 is 0 Å². The van der Waals surface area contributed by atoms with Crippen LogP contribution >= 0.6 is 46.3 Å². The molecule has 4 rings (SSSR count). The molecule has 9 nitrogen and oxygen atoms in total. The maximum Gasteiger partial charge on any atom is 0.251 e. The lowest BCUT2D eigenvalue weighted by molar-refractivity contribution is -0.113. The molecule has 0 fully saturated rings. The largest absolute Gasteiger partial charge is 0.345 e. The maximum absolute atomic E-state index is 12.5. The Morgan fingerprint density at radius 3 is 2.53 bits per heavy atom. The number of rotatable bonds is 8. The lowest BCUT2D eigenvalue weighted by Crippen LogP contribution is -2.24. The number of thioether (sulfide) groups is 1. The molecule has 2 heterocycles. The Morgan fingerprint density at radius 1 is 1.03 bits per heavy atom. The number of nitrogens with zero attached hydrogens (tertiary/aromatic N) is 5. The van der Waals surface area contributed by atoms with E-state index in [-0.39, 0.29) is 24.1 Å². The van der Waals surface area contributed by atoms with E-state index in [9.17, 15) is 9.59 Å². The van der Waals surface area contributed by atoms with Gasteiger partial charge in [0.25, 0.3) is 5.91 Å². The van der Waals surface area contributed by atoms with Crippen molar-refractivity contribution >= 4 is 63.2 Å². The topological polar surface area (TPSA) is 115 Å². The first-order valence-corrected chi connectivity index (χ1v) is 12.4. The number of hydrogen-bond donors (Lipinski definition) is 2. The Hall–Kier alpha value is -2.99. The van der Waals surface area contributed by atoms with E-state index in [0.717, 1.165) is 5.01 Å².